The lowest BCUT2D eigenvalue weighted by molar-refractivity contribution is 0.0699. The minimum Gasteiger partial charge on any atom is -0.355 e. The van der Waals surface area contributed by atoms with Crippen LogP contribution in [0.15, 0.2) is 45.4 Å². The molecule has 1 fully saturated rings. The highest BCUT2D eigenvalue weighted by Gasteiger charge is 2.36. The van der Waals surface area contributed by atoms with Crippen LogP contribution in [-0.2, 0) is 0 Å². The van der Waals surface area contributed by atoms with E-state index in [9.17, 15) is 4.79 Å². The van der Waals surface area contributed by atoms with Crippen molar-refractivity contribution in [2.24, 2.45) is 0 Å². The van der Waals surface area contributed by atoms with Gasteiger partial charge in [-0.05, 0) is 12.8 Å². The van der Waals surface area contributed by atoms with E-state index in [1.54, 1.807) is 11.0 Å². The van der Waals surface area contributed by atoms with Gasteiger partial charge in [-0.15, -0.1) is 0 Å². The molecule has 0 bridgehead atoms. The average molecular weight is 352 g/mol. The van der Waals surface area contributed by atoms with E-state index in [0.29, 0.717) is 29.7 Å². The Bertz CT molecular complexity index is 900. The molecule has 0 radical (unpaired) electrons. The van der Waals surface area contributed by atoms with Gasteiger partial charge in [-0.2, -0.15) is 4.98 Å². The van der Waals surface area contributed by atoms with E-state index in [-0.39, 0.29) is 17.9 Å². The molecule has 3 aromatic rings. The van der Waals surface area contributed by atoms with Gasteiger partial charge >= 0.3 is 0 Å². The van der Waals surface area contributed by atoms with Gasteiger partial charge in [0.1, 0.15) is 6.04 Å². The smallest absolute Gasteiger partial charge is 0.276 e. The first-order valence-corrected chi connectivity index (χ1v) is 8.80. The predicted octanol–water partition coefficient (Wildman–Crippen LogP) is 3.83. The molecule has 1 amide bonds. The molecule has 26 heavy (non-hydrogen) atoms. The monoisotopic (exact) mass is 352 g/mol. The van der Waals surface area contributed by atoms with Crippen LogP contribution in [-0.4, -0.2) is 32.6 Å². The molecule has 1 atom stereocenters. The molecule has 1 aromatic carbocycles. The molecule has 0 spiro atoms. The number of amides is 1. The maximum atomic E-state index is 12.9. The number of nitrogens with zero attached hydrogens (tertiary/aromatic N) is 4. The normalized spacial score (nSPS) is 17.2. The zero-order valence-electron chi connectivity index (χ0n) is 14.8. The van der Waals surface area contributed by atoms with Gasteiger partial charge in [-0.25, -0.2) is 0 Å². The lowest BCUT2D eigenvalue weighted by atomic mass is 10.1. The van der Waals surface area contributed by atoms with Crippen molar-refractivity contribution in [3.63, 3.8) is 0 Å². The maximum Gasteiger partial charge on any atom is 0.276 e. The Morgan fingerprint density at radius 3 is 2.73 bits per heavy atom. The molecule has 134 valence electrons. The second-order valence-electron chi connectivity index (χ2n) is 6.74. The third-order valence-electron chi connectivity index (χ3n) is 4.56. The summed E-state index contributed by atoms with van der Waals surface area (Å²) in [5.41, 5.74) is 1.18. The van der Waals surface area contributed by atoms with Crippen LogP contribution in [0.25, 0.3) is 11.3 Å². The van der Waals surface area contributed by atoms with Crippen LogP contribution in [0.5, 0.6) is 0 Å². The molecule has 1 saturated heterocycles. The highest BCUT2D eigenvalue weighted by molar-refractivity contribution is 5.93. The fourth-order valence-corrected chi connectivity index (χ4v) is 3.15. The van der Waals surface area contributed by atoms with E-state index in [1.165, 1.54) is 0 Å². The van der Waals surface area contributed by atoms with Crippen LogP contribution in [0.4, 0.5) is 0 Å². The first-order chi connectivity index (χ1) is 12.6. The predicted molar refractivity (Wildman–Crippen MR) is 93.3 cm³/mol. The highest BCUT2D eigenvalue weighted by Crippen LogP contribution is 2.33. The molecular formula is C19H20N4O3. The lowest BCUT2D eigenvalue weighted by Crippen LogP contribution is -2.31. The van der Waals surface area contributed by atoms with E-state index in [1.807, 2.05) is 44.2 Å². The van der Waals surface area contributed by atoms with Crippen molar-refractivity contribution < 1.29 is 13.8 Å². The number of rotatable bonds is 4. The van der Waals surface area contributed by atoms with Gasteiger partial charge < -0.3 is 13.9 Å². The van der Waals surface area contributed by atoms with Gasteiger partial charge in [0.15, 0.2) is 17.3 Å². The highest BCUT2D eigenvalue weighted by atomic mass is 16.5. The van der Waals surface area contributed by atoms with Crippen molar-refractivity contribution in [1.29, 1.82) is 0 Å². The number of benzene rings is 1. The van der Waals surface area contributed by atoms with Gasteiger partial charge in [0.2, 0.25) is 5.89 Å². The van der Waals surface area contributed by atoms with Crippen molar-refractivity contribution in [1.82, 2.24) is 20.2 Å². The van der Waals surface area contributed by atoms with E-state index < -0.39 is 0 Å². The Morgan fingerprint density at radius 2 is 2.00 bits per heavy atom. The third-order valence-corrected chi connectivity index (χ3v) is 4.56. The Labute approximate surface area is 151 Å². The van der Waals surface area contributed by atoms with Gasteiger partial charge in [0, 0.05) is 24.1 Å². The van der Waals surface area contributed by atoms with Crippen LogP contribution in [0, 0.1) is 0 Å². The van der Waals surface area contributed by atoms with Crippen LogP contribution >= 0.6 is 0 Å². The number of carbonyl (C=O) groups is 1. The quantitative estimate of drug-likeness (QED) is 0.709. The molecule has 0 unspecified atom stereocenters. The summed E-state index contributed by atoms with van der Waals surface area (Å²) in [7, 11) is 0. The summed E-state index contributed by atoms with van der Waals surface area (Å²) in [6, 6.07) is 11.1. The number of likely N-dealkylation sites (tertiary alicyclic amines) is 1. The van der Waals surface area contributed by atoms with E-state index in [4.69, 9.17) is 9.05 Å². The fraction of sp³-hybridized carbons (Fsp3) is 0.368. The Kier molecular flexibility index (Phi) is 4.28. The molecule has 7 nitrogen and oxygen atoms in total. The van der Waals surface area contributed by atoms with Crippen molar-refractivity contribution >= 4 is 5.91 Å². The summed E-state index contributed by atoms with van der Waals surface area (Å²) < 4.78 is 10.8. The number of carbonyl (C=O) groups excluding carboxylic acids is 1. The minimum atomic E-state index is -0.209. The summed E-state index contributed by atoms with van der Waals surface area (Å²) in [4.78, 5) is 19.1. The molecule has 7 heteroatoms. The molecule has 0 N–H and O–H groups in total. The van der Waals surface area contributed by atoms with Crippen molar-refractivity contribution in [2.45, 2.75) is 38.6 Å². The van der Waals surface area contributed by atoms with Gasteiger partial charge in [0.05, 0.1) is 0 Å². The van der Waals surface area contributed by atoms with Gasteiger partial charge in [-0.3, -0.25) is 4.79 Å². The topological polar surface area (TPSA) is 85.3 Å². The van der Waals surface area contributed by atoms with E-state index in [2.05, 4.69) is 15.3 Å². The van der Waals surface area contributed by atoms with Crippen molar-refractivity contribution in [2.75, 3.05) is 6.54 Å². The van der Waals surface area contributed by atoms with Gasteiger partial charge in [0.25, 0.3) is 5.91 Å². The summed E-state index contributed by atoms with van der Waals surface area (Å²) in [5, 5.41) is 7.98. The number of hydrogen-bond acceptors (Lipinski definition) is 6. The molecule has 0 saturated carbocycles. The average Bonchev–Trinajstić information content (AvgIpc) is 3.41. The SMILES string of the molecule is CC(C)c1noc([C@@H]2CCCN2C(=O)c2cc(-c3ccccc3)on2)n1. The summed E-state index contributed by atoms with van der Waals surface area (Å²) in [5.74, 6) is 1.73. The Morgan fingerprint density at radius 1 is 1.19 bits per heavy atom. The molecule has 4 rings (SSSR count). The Balaban J connectivity index is 1.56. The minimum absolute atomic E-state index is 0.178. The largest absolute Gasteiger partial charge is 0.355 e. The Hall–Kier alpha value is -2.96. The second kappa shape index (κ2) is 6.74. The second-order valence-corrected chi connectivity index (χ2v) is 6.74. The zero-order valence-corrected chi connectivity index (χ0v) is 14.8. The maximum absolute atomic E-state index is 12.9. The molecule has 1 aliphatic heterocycles. The van der Waals surface area contributed by atoms with E-state index >= 15 is 0 Å². The molecule has 3 heterocycles. The van der Waals surface area contributed by atoms with Crippen LogP contribution in [0.1, 0.15) is 60.9 Å². The fourth-order valence-electron chi connectivity index (χ4n) is 3.15. The van der Waals surface area contributed by atoms with Crippen LogP contribution in [0.3, 0.4) is 0 Å². The van der Waals surface area contributed by atoms with Crippen molar-refractivity contribution in [3.8, 4) is 11.3 Å². The standard InChI is InChI=1S/C19H20N4O3/c1-12(2)17-20-18(26-22-17)15-9-6-10-23(15)19(24)14-11-16(25-21-14)13-7-4-3-5-8-13/h3-5,7-8,11-12,15H,6,9-10H2,1-2H3/t15-/m0/s1. The molecule has 1 aliphatic rings. The third kappa shape index (κ3) is 3.00. The van der Waals surface area contributed by atoms with Crippen molar-refractivity contribution in [3.05, 3.63) is 53.8 Å². The summed E-state index contributed by atoms with van der Waals surface area (Å²) in [6.45, 7) is 4.65. The van der Waals surface area contributed by atoms with Crippen LogP contribution in [0.2, 0.25) is 0 Å². The molecular weight excluding hydrogens is 332 g/mol. The zero-order chi connectivity index (χ0) is 18.1. The number of aromatic nitrogens is 3. The summed E-state index contributed by atoms with van der Waals surface area (Å²) in [6.07, 6.45) is 1.69. The van der Waals surface area contributed by atoms with Crippen LogP contribution < -0.4 is 0 Å². The molecule has 0 aliphatic carbocycles. The van der Waals surface area contributed by atoms with Gasteiger partial charge in [-0.1, -0.05) is 54.5 Å². The number of hydrogen-bond donors (Lipinski definition) is 0. The first-order valence-electron chi connectivity index (χ1n) is 8.80. The first kappa shape index (κ1) is 16.5. The lowest BCUT2D eigenvalue weighted by Gasteiger charge is -2.20. The molecule has 2 aromatic heterocycles. The summed E-state index contributed by atoms with van der Waals surface area (Å²) >= 11 is 0. The van der Waals surface area contributed by atoms with E-state index in [0.717, 1.165) is 18.4 Å².